The van der Waals surface area contributed by atoms with Crippen molar-refractivity contribution < 1.29 is 14.6 Å². The average molecular weight is 264 g/mol. The minimum Gasteiger partial charge on any atom is -0.478 e. The minimum atomic E-state index is -1.01. The third-order valence-corrected chi connectivity index (χ3v) is 2.54. The molecule has 0 aliphatic rings. The lowest BCUT2D eigenvalue weighted by Gasteiger charge is -2.05. The van der Waals surface area contributed by atoms with Gasteiger partial charge in [0.1, 0.15) is 6.61 Å². The van der Waals surface area contributed by atoms with Crippen molar-refractivity contribution in [2.24, 2.45) is 0 Å². The fourth-order valence-electron chi connectivity index (χ4n) is 1.33. The number of carbonyl (C=O) groups is 1. The fourth-order valence-corrected chi connectivity index (χ4v) is 1.46. The van der Waals surface area contributed by atoms with Gasteiger partial charge >= 0.3 is 5.97 Å². The van der Waals surface area contributed by atoms with Crippen molar-refractivity contribution in [3.8, 4) is 5.88 Å². The van der Waals surface area contributed by atoms with Crippen LogP contribution in [0.5, 0.6) is 5.88 Å². The molecule has 0 atom stereocenters. The lowest BCUT2D eigenvalue weighted by molar-refractivity contribution is 0.0696. The maximum Gasteiger partial charge on any atom is 0.337 e. The number of nitrogens with zero attached hydrogens (tertiary/aromatic N) is 1. The summed E-state index contributed by atoms with van der Waals surface area (Å²) < 4.78 is 5.42. The number of hydrogen-bond donors (Lipinski definition) is 1. The summed E-state index contributed by atoms with van der Waals surface area (Å²) in [7, 11) is 0. The van der Waals surface area contributed by atoms with Crippen molar-refractivity contribution >= 4 is 17.6 Å². The number of rotatable bonds is 4. The number of hydrogen-bond acceptors (Lipinski definition) is 3. The van der Waals surface area contributed by atoms with E-state index in [1.807, 2.05) is 12.1 Å². The summed E-state index contributed by atoms with van der Waals surface area (Å²) in [6, 6.07) is 10.2. The first-order valence-electron chi connectivity index (χ1n) is 5.22. The monoisotopic (exact) mass is 263 g/mol. The molecule has 92 valence electrons. The Balaban J connectivity index is 1.97. The first-order chi connectivity index (χ1) is 8.65. The number of carboxylic acid groups (broad SMARTS) is 1. The number of benzene rings is 1. The van der Waals surface area contributed by atoms with Crippen LogP contribution in [-0.2, 0) is 6.61 Å². The van der Waals surface area contributed by atoms with Gasteiger partial charge in [0.25, 0.3) is 0 Å². The van der Waals surface area contributed by atoms with Gasteiger partial charge in [-0.15, -0.1) is 0 Å². The molecule has 1 heterocycles. The molecule has 0 amide bonds. The van der Waals surface area contributed by atoms with E-state index in [4.69, 9.17) is 21.4 Å². The van der Waals surface area contributed by atoms with Crippen molar-refractivity contribution in [3.05, 3.63) is 58.7 Å². The molecule has 0 bridgehead atoms. The third kappa shape index (κ3) is 3.21. The summed E-state index contributed by atoms with van der Waals surface area (Å²) in [5.74, 6) is -0.623. The van der Waals surface area contributed by atoms with Crippen LogP contribution in [0.4, 0.5) is 0 Å². The Hall–Kier alpha value is -2.07. The maximum atomic E-state index is 10.6. The lowest BCUT2D eigenvalue weighted by atomic mass is 10.2. The van der Waals surface area contributed by atoms with Gasteiger partial charge in [-0.25, -0.2) is 9.78 Å². The lowest BCUT2D eigenvalue weighted by Crippen LogP contribution is -2.00. The Kier molecular flexibility index (Phi) is 3.79. The number of pyridine rings is 1. The van der Waals surface area contributed by atoms with Crippen molar-refractivity contribution in [2.75, 3.05) is 0 Å². The molecule has 0 aliphatic carbocycles. The van der Waals surface area contributed by atoms with E-state index in [2.05, 4.69) is 4.98 Å². The van der Waals surface area contributed by atoms with Crippen LogP contribution < -0.4 is 4.74 Å². The van der Waals surface area contributed by atoms with E-state index in [0.717, 1.165) is 5.56 Å². The molecule has 0 unspecified atom stereocenters. The number of ether oxygens (including phenoxy) is 1. The predicted octanol–water partition coefficient (Wildman–Crippen LogP) is 3.01. The molecule has 1 aromatic carbocycles. The molecule has 0 saturated carbocycles. The zero-order valence-corrected chi connectivity index (χ0v) is 10.1. The number of aromatic nitrogens is 1. The zero-order valence-electron chi connectivity index (χ0n) is 9.34. The molecule has 1 N–H and O–H groups in total. The van der Waals surface area contributed by atoms with Crippen molar-refractivity contribution in [3.63, 3.8) is 0 Å². The molecule has 2 aromatic rings. The second-order valence-corrected chi connectivity index (χ2v) is 4.04. The largest absolute Gasteiger partial charge is 0.478 e. The van der Waals surface area contributed by atoms with Gasteiger partial charge in [-0.3, -0.25) is 0 Å². The molecule has 0 saturated heterocycles. The summed E-state index contributed by atoms with van der Waals surface area (Å²) in [5, 5.41) is 9.39. The van der Waals surface area contributed by atoms with Gasteiger partial charge in [0.15, 0.2) is 0 Å². The zero-order chi connectivity index (χ0) is 13.0. The van der Waals surface area contributed by atoms with Gasteiger partial charge in [-0.05, 0) is 23.8 Å². The van der Waals surface area contributed by atoms with Crippen LogP contribution in [-0.4, -0.2) is 16.1 Å². The molecule has 2 rings (SSSR count). The second-order valence-electron chi connectivity index (χ2n) is 3.61. The molecule has 18 heavy (non-hydrogen) atoms. The highest BCUT2D eigenvalue weighted by atomic mass is 35.5. The summed E-state index contributed by atoms with van der Waals surface area (Å²) in [5.41, 5.74) is 1.09. The number of carboxylic acids is 1. The highest BCUT2D eigenvalue weighted by molar-refractivity contribution is 6.30. The molecular weight excluding hydrogens is 254 g/mol. The highest BCUT2D eigenvalue weighted by Gasteiger charge is 2.03. The van der Waals surface area contributed by atoms with E-state index in [-0.39, 0.29) is 5.56 Å². The Morgan fingerprint density at radius 2 is 1.94 bits per heavy atom. The first kappa shape index (κ1) is 12.4. The number of aromatic carboxylic acids is 1. The Morgan fingerprint density at radius 1 is 1.22 bits per heavy atom. The smallest absolute Gasteiger partial charge is 0.337 e. The normalized spacial score (nSPS) is 10.1. The van der Waals surface area contributed by atoms with Gasteiger partial charge < -0.3 is 9.84 Å². The molecule has 0 spiro atoms. The van der Waals surface area contributed by atoms with E-state index in [0.29, 0.717) is 17.5 Å². The summed E-state index contributed by atoms with van der Waals surface area (Å²) >= 11 is 5.77. The molecule has 4 nitrogen and oxygen atoms in total. The van der Waals surface area contributed by atoms with Gasteiger partial charge in [-0.1, -0.05) is 23.7 Å². The molecule has 0 radical (unpaired) electrons. The van der Waals surface area contributed by atoms with Crippen LogP contribution in [0.1, 0.15) is 15.9 Å². The van der Waals surface area contributed by atoms with Gasteiger partial charge in [0.2, 0.25) is 5.88 Å². The van der Waals surface area contributed by atoms with E-state index in [1.165, 1.54) is 18.3 Å². The van der Waals surface area contributed by atoms with Crippen molar-refractivity contribution in [2.45, 2.75) is 6.61 Å². The van der Waals surface area contributed by atoms with E-state index in [9.17, 15) is 4.79 Å². The molecule has 0 aliphatic heterocycles. The van der Waals surface area contributed by atoms with Crippen LogP contribution in [0.25, 0.3) is 0 Å². The van der Waals surface area contributed by atoms with Crippen LogP contribution in [0.2, 0.25) is 5.02 Å². The van der Waals surface area contributed by atoms with Crippen LogP contribution in [0.3, 0.4) is 0 Å². The molecule has 0 fully saturated rings. The van der Waals surface area contributed by atoms with Crippen LogP contribution in [0, 0.1) is 0 Å². The van der Waals surface area contributed by atoms with Crippen molar-refractivity contribution in [1.29, 1.82) is 0 Å². The van der Waals surface area contributed by atoms with E-state index in [1.54, 1.807) is 12.1 Å². The van der Waals surface area contributed by atoms with Crippen LogP contribution in [0.15, 0.2) is 42.6 Å². The second kappa shape index (κ2) is 5.51. The predicted molar refractivity (Wildman–Crippen MR) is 67.0 cm³/mol. The average Bonchev–Trinajstić information content (AvgIpc) is 2.38. The van der Waals surface area contributed by atoms with Gasteiger partial charge in [0.05, 0.1) is 5.56 Å². The number of halogens is 1. The SMILES string of the molecule is O=C(O)c1ccc(OCc2ccc(Cl)cc2)nc1. The molecule has 1 aromatic heterocycles. The summed E-state index contributed by atoms with van der Waals surface area (Å²) in [6.07, 6.45) is 1.26. The topological polar surface area (TPSA) is 59.4 Å². The van der Waals surface area contributed by atoms with E-state index < -0.39 is 5.97 Å². The first-order valence-corrected chi connectivity index (χ1v) is 5.59. The molecular formula is C13H10ClNO3. The summed E-state index contributed by atoms with van der Waals surface area (Å²) in [6.45, 7) is 0.358. The quantitative estimate of drug-likeness (QED) is 0.921. The Morgan fingerprint density at radius 3 is 2.50 bits per heavy atom. The Labute approximate surface area is 109 Å². The molecule has 5 heteroatoms. The van der Waals surface area contributed by atoms with Gasteiger partial charge in [0, 0.05) is 17.3 Å². The van der Waals surface area contributed by atoms with E-state index >= 15 is 0 Å². The highest BCUT2D eigenvalue weighted by Crippen LogP contribution is 2.13. The van der Waals surface area contributed by atoms with Gasteiger partial charge in [-0.2, -0.15) is 0 Å². The third-order valence-electron chi connectivity index (χ3n) is 2.28. The summed E-state index contributed by atoms with van der Waals surface area (Å²) in [4.78, 5) is 14.5. The standard InChI is InChI=1S/C13H10ClNO3/c14-11-4-1-9(2-5-11)8-18-12-6-3-10(7-15-12)13(16)17/h1-7H,8H2,(H,16,17). The van der Waals surface area contributed by atoms with Crippen LogP contribution >= 0.6 is 11.6 Å². The Bertz CT molecular complexity index is 537. The van der Waals surface area contributed by atoms with Crippen molar-refractivity contribution in [1.82, 2.24) is 4.98 Å². The minimum absolute atomic E-state index is 0.133. The maximum absolute atomic E-state index is 10.6. The fraction of sp³-hybridized carbons (Fsp3) is 0.0769.